The molecular weight excluding hydrogens is 362 g/mol. The van der Waals surface area contributed by atoms with Gasteiger partial charge in [-0.1, -0.05) is 23.4 Å². The summed E-state index contributed by atoms with van der Waals surface area (Å²) < 4.78 is 11.4. The lowest BCUT2D eigenvalue weighted by atomic mass is 10.1. The first-order valence-corrected chi connectivity index (χ1v) is 9.46. The van der Waals surface area contributed by atoms with Gasteiger partial charge in [-0.15, -0.1) is 0 Å². The maximum atomic E-state index is 12.6. The van der Waals surface area contributed by atoms with Gasteiger partial charge in [-0.2, -0.15) is 0 Å². The average molecular weight is 380 g/mol. The molecule has 2 aromatic rings. The number of hydrogen-bond acceptors (Lipinski definition) is 6. The van der Waals surface area contributed by atoms with E-state index in [2.05, 4.69) is 15.3 Å². The van der Waals surface area contributed by atoms with Crippen LogP contribution in [0.15, 0.2) is 23.5 Å². The van der Waals surface area contributed by atoms with Gasteiger partial charge in [0.25, 0.3) is 5.91 Å². The predicted molar refractivity (Wildman–Crippen MR) is 98.2 cm³/mol. The minimum Gasteiger partial charge on any atom is -0.492 e. The van der Waals surface area contributed by atoms with Gasteiger partial charge < -0.3 is 14.8 Å². The number of rotatable bonds is 5. The van der Waals surface area contributed by atoms with Crippen molar-refractivity contribution in [3.63, 3.8) is 0 Å². The summed E-state index contributed by atoms with van der Waals surface area (Å²) >= 11 is 7.41. The highest BCUT2D eigenvalue weighted by atomic mass is 35.5. The number of carbonyl (C=O) groups excluding carboxylic acids is 1. The molecule has 3 rings (SSSR count). The van der Waals surface area contributed by atoms with Crippen molar-refractivity contribution >= 4 is 35.0 Å². The molecule has 1 aliphatic rings. The molecule has 0 aliphatic carbocycles. The molecule has 25 heavy (non-hydrogen) atoms. The Labute approximate surface area is 155 Å². The molecule has 0 radical (unpaired) electrons. The lowest BCUT2D eigenvalue weighted by molar-refractivity contribution is 0.102. The van der Waals surface area contributed by atoms with Crippen molar-refractivity contribution in [2.75, 3.05) is 18.2 Å². The summed E-state index contributed by atoms with van der Waals surface area (Å²) in [6.45, 7) is 4.39. The van der Waals surface area contributed by atoms with Crippen LogP contribution in [0.3, 0.4) is 0 Å². The van der Waals surface area contributed by atoms with Gasteiger partial charge in [0.05, 0.1) is 23.5 Å². The van der Waals surface area contributed by atoms with Crippen LogP contribution in [-0.4, -0.2) is 34.8 Å². The zero-order chi connectivity index (χ0) is 18.0. The van der Waals surface area contributed by atoms with Gasteiger partial charge >= 0.3 is 0 Å². The standard InChI is InChI=1S/C17H18ClN3O3S/c1-4-23-14-6-10-5-9(2)24-13(10)7-12(14)20-16(22)15-11(18)8-19-17(21-15)25-3/h6-9H,4-5H2,1-3H3,(H,20,22)/t9-/m0/s1. The first-order chi connectivity index (χ1) is 12.0. The Morgan fingerprint density at radius 3 is 3.04 bits per heavy atom. The van der Waals surface area contributed by atoms with Gasteiger partial charge in [0.1, 0.15) is 17.6 Å². The van der Waals surface area contributed by atoms with Crippen molar-refractivity contribution in [2.45, 2.75) is 31.5 Å². The molecule has 1 N–H and O–H groups in total. The fourth-order valence-corrected chi connectivity index (χ4v) is 3.12. The van der Waals surface area contributed by atoms with E-state index in [4.69, 9.17) is 21.1 Å². The number of nitrogens with zero attached hydrogens (tertiary/aromatic N) is 2. The molecule has 0 fully saturated rings. The zero-order valence-corrected chi connectivity index (χ0v) is 15.7. The van der Waals surface area contributed by atoms with E-state index in [0.29, 0.717) is 23.2 Å². The Kier molecular flexibility index (Phi) is 5.34. The van der Waals surface area contributed by atoms with Gasteiger partial charge in [0.2, 0.25) is 0 Å². The Morgan fingerprint density at radius 2 is 2.32 bits per heavy atom. The van der Waals surface area contributed by atoms with E-state index in [0.717, 1.165) is 17.7 Å². The molecule has 1 aromatic carbocycles. The lowest BCUT2D eigenvalue weighted by Crippen LogP contribution is -2.16. The first kappa shape index (κ1) is 17.8. The minimum atomic E-state index is -0.422. The van der Waals surface area contributed by atoms with Crippen LogP contribution >= 0.6 is 23.4 Å². The third-order valence-electron chi connectivity index (χ3n) is 3.67. The van der Waals surface area contributed by atoms with Gasteiger partial charge in [0, 0.05) is 18.1 Å². The summed E-state index contributed by atoms with van der Waals surface area (Å²) in [6.07, 6.45) is 4.18. The molecule has 2 heterocycles. The van der Waals surface area contributed by atoms with Gasteiger partial charge in [-0.25, -0.2) is 9.97 Å². The summed E-state index contributed by atoms with van der Waals surface area (Å²) in [5.74, 6) is 0.932. The number of anilines is 1. The second-order valence-corrected chi connectivity index (χ2v) is 6.71. The SMILES string of the molecule is CCOc1cc2c(cc1NC(=O)c1nc(SC)ncc1Cl)O[C@@H](C)C2. The number of benzene rings is 1. The monoisotopic (exact) mass is 379 g/mol. The van der Waals surface area contributed by atoms with Crippen molar-refractivity contribution in [3.8, 4) is 11.5 Å². The number of thioether (sulfide) groups is 1. The smallest absolute Gasteiger partial charge is 0.276 e. The molecule has 8 heteroatoms. The minimum absolute atomic E-state index is 0.107. The van der Waals surface area contributed by atoms with E-state index in [1.54, 1.807) is 6.07 Å². The van der Waals surface area contributed by atoms with Crippen molar-refractivity contribution in [3.05, 3.63) is 34.6 Å². The molecule has 1 aromatic heterocycles. The second kappa shape index (κ2) is 7.49. The van der Waals surface area contributed by atoms with Crippen LogP contribution in [0.1, 0.15) is 29.9 Å². The van der Waals surface area contributed by atoms with E-state index in [1.165, 1.54) is 18.0 Å². The fraction of sp³-hybridized carbons (Fsp3) is 0.353. The molecule has 0 unspecified atom stereocenters. The average Bonchev–Trinajstić information content (AvgIpc) is 2.94. The number of halogens is 1. The maximum Gasteiger partial charge on any atom is 0.276 e. The van der Waals surface area contributed by atoms with E-state index in [1.807, 2.05) is 26.2 Å². The van der Waals surface area contributed by atoms with E-state index >= 15 is 0 Å². The maximum absolute atomic E-state index is 12.6. The molecule has 0 saturated heterocycles. The van der Waals surface area contributed by atoms with Crippen molar-refractivity contribution in [2.24, 2.45) is 0 Å². The number of ether oxygens (including phenoxy) is 2. The Balaban J connectivity index is 1.92. The molecule has 132 valence electrons. The lowest BCUT2D eigenvalue weighted by Gasteiger charge is -2.14. The predicted octanol–water partition coefficient (Wildman–Crippen LogP) is 3.83. The molecule has 0 spiro atoms. The highest BCUT2D eigenvalue weighted by Gasteiger charge is 2.23. The van der Waals surface area contributed by atoms with E-state index < -0.39 is 5.91 Å². The van der Waals surface area contributed by atoms with Gasteiger partial charge in [0.15, 0.2) is 10.9 Å². The number of hydrogen-bond donors (Lipinski definition) is 1. The molecule has 1 aliphatic heterocycles. The fourth-order valence-electron chi connectivity index (χ4n) is 2.60. The van der Waals surface area contributed by atoms with Crippen LogP contribution in [0.25, 0.3) is 0 Å². The van der Waals surface area contributed by atoms with Gasteiger partial charge in [-0.05, 0) is 26.2 Å². The quantitative estimate of drug-likeness (QED) is 0.628. The van der Waals surface area contributed by atoms with Crippen molar-refractivity contribution in [1.29, 1.82) is 0 Å². The number of carbonyl (C=O) groups is 1. The summed E-state index contributed by atoms with van der Waals surface area (Å²) in [6, 6.07) is 3.69. The summed E-state index contributed by atoms with van der Waals surface area (Å²) in [5.41, 5.74) is 1.72. The van der Waals surface area contributed by atoms with Crippen LogP contribution < -0.4 is 14.8 Å². The Morgan fingerprint density at radius 1 is 1.52 bits per heavy atom. The highest BCUT2D eigenvalue weighted by Crippen LogP contribution is 2.38. The van der Waals surface area contributed by atoms with Gasteiger partial charge in [-0.3, -0.25) is 4.79 Å². The summed E-state index contributed by atoms with van der Waals surface area (Å²) in [5, 5.41) is 3.49. The van der Waals surface area contributed by atoms with E-state index in [9.17, 15) is 4.79 Å². The highest BCUT2D eigenvalue weighted by molar-refractivity contribution is 7.98. The van der Waals surface area contributed by atoms with Crippen LogP contribution in [0.4, 0.5) is 5.69 Å². The molecule has 0 bridgehead atoms. The zero-order valence-electron chi connectivity index (χ0n) is 14.1. The number of aromatic nitrogens is 2. The van der Waals surface area contributed by atoms with E-state index in [-0.39, 0.29) is 16.8 Å². The topological polar surface area (TPSA) is 73.3 Å². The number of amides is 1. The summed E-state index contributed by atoms with van der Waals surface area (Å²) in [4.78, 5) is 20.9. The largest absolute Gasteiger partial charge is 0.492 e. The van der Waals surface area contributed by atoms with Crippen LogP contribution in [0.2, 0.25) is 5.02 Å². The van der Waals surface area contributed by atoms with Crippen LogP contribution in [0.5, 0.6) is 11.5 Å². The molecule has 1 atom stereocenters. The normalized spacial score (nSPS) is 15.4. The third kappa shape index (κ3) is 3.82. The molecule has 0 saturated carbocycles. The first-order valence-electron chi connectivity index (χ1n) is 7.86. The molecule has 1 amide bonds. The molecule has 6 nitrogen and oxygen atoms in total. The van der Waals surface area contributed by atoms with Crippen LogP contribution in [0, 0.1) is 0 Å². The second-order valence-electron chi connectivity index (χ2n) is 5.53. The van der Waals surface area contributed by atoms with Crippen molar-refractivity contribution < 1.29 is 14.3 Å². The third-order valence-corrected chi connectivity index (χ3v) is 4.50. The van der Waals surface area contributed by atoms with Crippen molar-refractivity contribution in [1.82, 2.24) is 9.97 Å². The molecular formula is C17H18ClN3O3S. The number of nitrogens with one attached hydrogen (secondary N) is 1. The van der Waals surface area contributed by atoms with Crippen LogP contribution in [-0.2, 0) is 6.42 Å². The Bertz CT molecular complexity index is 816. The number of fused-ring (bicyclic) bond motifs is 1. The summed E-state index contributed by atoms with van der Waals surface area (Å²) in [7, 11) is 0. The Hall–Kier alpha value is -1.99.